The summed E-state index contributed by atoms with van der Waals surface area (Å²) in [5.41, 5.74) is 0. The van der Waals surface area contributed by atoms with Crippen LogP contribution >= 0.6 is 0 Å². The van der Waals surface area contributed by atoms with Crippen molar-refractivity contribution in [2.24, 2.45) is 0 Å². The molecule has 0 aromatic rings. The van der Waals surface area contributed by atoms with Crippen LogP contribution in [0.25, 0.3) is 0 Å². The zero-order chi connectivity index (χ0) is 30.9. The van der Waals surface area contributed by atoms with Crippen molar-refractivity contribution >= 4 is 17.8 Å². The summed E-state index contributed by atoms with van der Waals surface area (Å²) >= 11 is 0. The van der Waals surface area contributed by atoms with E-state index in [1.807, 2.05) is 6.92 Å². The van der Waals surface area contributed by atoms with Gasteiger partial charge < -0.3 is 20.5 Å². The van der Waals surface area contributed by atoms with E-state index in [4.69, 9.17) is 4.74 Å². The van der Waals surface area contributed by atoms with Crippen LogP contribution in [-0.2, 0) is 19.1 Å². The Morgan fingerprint density at radius 1 is 0.595 bits per heavy atom. The Morgan fingerprint density at radius 2 is 1.02 bits per heavy atom. The lowest BCUT2D eigenvalue weighted by molar-refractivity contribution is -0.143. The van der Waals surface area contributed by atoms with Crippen LogP contribution in [0.5, 0.6) is 0 Å². The van der Waals surface area contributed by atoms with Gasteiger partial charge in [-0.15, -0.1) is 0 Å². The third kappa shape index (κ3) is 31.1. The predicted molar refractivity (Wildman–Crippen MR) is 174 cm³/mol. The Balaban J connectivity index is 3.40. The lowest BCUT2D eigenvalue weighted by Crippen LogP contribution is -2.39. The zero-order valence-corrected chi connectivity index (χ0v) is 27.4. The highest BCUT2D eigenvalue weighted by molar-refractivity contribution is 5.76. The highest BCUT2D eigenvalue weighted by Gasteiger charge is 2.09. The van der Waals surface area contributed by atoms with E-state index in [-0.39, 0.29) is 30.9 Å². The minimum atomic E-state index is -0.754. The number of aliphatic hydroxyl groups is 1. The molecule has 2 amide bonds. The van der Waals surface area contributed by atoms with Gasteiger partial charge in [-0.05, 0) is 44.9 Å². The predicted octanol–water partition coefficient (Wildman–Crippen LogP) is 8.08. The van der Waals surface area contributed by atoms with Crippen molar-refractivity contribution in [3.8, 4) is 0 Å². The summed E-state index contributed by atoms with van der Waals surface area (Å²) in [5, 5.41) is 15.6. The van der Waals surface area contributed by atoms with E-state index in [0.29, 0.717) is 25.9 Å². The molecule has 0 aliphatic rings. The summed E-state index contributed by atoms with van der Waals surface area (Å²) < 4.78 is 5.18. The average molecular weight is 595 g/mol. The van der Waals surface area contributed by atoms with Crippen molar-refractivity contribution < 1.29 is 24.2 Å². The molecule has 0 heterocycles. The molecule has 0 saturated carbocycles. The second kappa shape index (κ2) is 32.0. The number of carbonyl (C=O) groups is 3. The summed E-state index contributed by atoms with van der Waals surface area (Å²) in [6, 6.07) is 0. The van der Waals surface area contributed by atoms with Gasteiger partial charge in [0.25, 0.3) is 0 Å². The Morgan fingerprint density at radius 3 is 1.48 bits per heavy atom. The van der Waals surface area contributed by atoms with Crippen molar-refractivity contribution in [1.82, 2.24) is 10.6 Å². The van der Waals surface area contributed by atoms with Crippen LogP contribution in [0, 0.1) is 0 Å². The molecule has 0 spiro atoms. The summed E-state index contributed by atoms with van der Waals surface area (Å²) in [4.78, 5) is 35.3. The first kappa shape index (κ1) is 40.1. The maximum absolute atomic E-state index is 12.0. The van der Waals surface area contributed by atoms with Gasteiger partial charge in [0.05, 0.1) is 12.7 Å². The molecule has 0 saturated heterocycles. The van der Waals surface area contributed by atoms with Gasteiger partial charge in [0, 0.05) is 32.4 Å². The topological polar surface area (TPSA) is 105 Å². The molecule has 0 rings (SSSR count). The lowest BCUT2D eigenvalue weighted by atomic mass is 10.0. The fraction of sp³-hybridized carbons (Fsp3) is 0.857. The number of unbranched alkanes of at least 4 members (excludes halogenated alkanes) is 17. The van der Waals surface area contributed by atoms with Gasteiger partial charge in [0.15, 0.2) is 0 Å². The Hall–Kier alpha value is -1.89. The van der Waals surface area contributed by atoms with Gasteiger partial charge in [0.1, 0.15) is 0 Å². The molecule has 7 heteroatoms. The maximum Gasteiger partial charge on any atom is 0.305 e. The van der Waals surface area contributed by atoms with Crippen molar-refractivity contribution in [3.05, 3.63) is 12.2 Å². The molecule has 7 nitrogen and oxygen atoms in total. The van der Waals surface area contributed by atoms with Gasteiger partial charge >= 0.3 is 5.97 Å². The van der Waals surface area contributed by atoms with Crippen LogP contribution in [0.3, 0.4) is 0 Å². The lowest BCUT2D eigenvalue weighted by Gasteiger charge is -2.13. The molecule has 0 aromatic carbocycles. The molecule has 0 aliphatic heterocycles. The van der Waals surface area contributed by atoms with Gasteiger partial charge in [-0.1, -0.05) is 116 Å². The molecule has 0 radical (unpaired) electrons. The summed E-state index contributed by atoms with van der Waals surface area (Å²) in [5.74, 6) is -0.115. The van der Waals surface area contributed by atoms with Crippen LogP contribution in [0.2, 0.25) is 0 Å². The molecular weight excluding hydrogens is 528 g/mol. The van der Waals surface area contributed by atoms with Crippen LogP contribution in [0.1, 0.15) is 168 Å². The van der Waals surface area contributed by atoms with Crippen molar-refractivity contribution in [3.63, 3.8) is 0 Å². The first-order valence-electron chi connectivity index (χ1n) is 17.5. The van der Waals surface area contributed by atoms with Gasteiger partial charge in [-0.2, -0.15) is 0 Å². The summed E-state index contributed by atoms with van der Waals surface area (Å²) in [7, 11) is 0. The van der Waals surface area contributed by atoms with Crippen LogP contribution in [-0.4, -0.2) is 48.7 Å². The summed E-state index contributed by atoms with van der Waals surface area (Å²) in [6.45, 7) is 5.08. The first-order chi connectivity index (χ1) is 20.5. The van der Waals surface area contributed by atoms with Crippen molar-refractivity contribution in [2.45, 2.75) is 174 Å². The standard InChI is InChI=1S/C35H66N2O5/c1-3-5-6-7-8-14-17-20-23-27-33(39)36-30-32(38)31-37-34(40)28-24-21-18-15-12-10-9-11-13-16-19-22-25-29-42-35(41)26-4-2/h5-6,32,38H,3-4,7-31H2,1-2H3,(H,36,39)(H,37,40)/b6-5-. The van der Waals surface area contributed by atoms with E-state index in [0.717, 1.165) is 64.2 Å². The number of hydrogen-bond acceptors (Lipinski definition) is 5. The number of rotatable bonds is 31. The highest BCUT2D eigenvalue weighted by atomic mass is 16.5. The normalized spacial score (nSPS) is 12.0. The number of aliphatic hydroxyl groups excluding tert-OH is 1. The molecule has 0 aromatic heterocycles. The maximum atomic E-state index is 12.0. The van der Waals surface area contributed by atoms with Gasteiger partial charge in [-0.25, -0.2) is 0 Å². The summed E-state index contributed by atoms with van der Waals surface area (Å²) in [6.07, 6.45) is 29.3. The SMILES string of the molecule is CC/C=C\CCCCCCCC(=O)NCC(O)CNC(=O)CCCCCCCCCCCCCCCOC(=O)CCC. The van der Waals surface area contributed by atoms with E-state index in [1.54, 1.807) is 0 Å². The van der Waals surface area contributed by atoms with Gasteiger partial charge in [0.2, 0.25) is 11.8 Å². The molecule has 0 bridgehead atoms. The average Bonchev–Trinajstić information content (AvgIpc) is 2.98. The molecule has 1 atom stereocenters. The first-order valence-corrected chi connectivity index (χ1v) is 17.5. The van der Waals surface area contributed by atoms with Crippen LogP contribution < -0.4 is 10.6 Å². The van der Waals surface area contributed by atoms with Crippen molar-refractivity contribution in [1.29, 1.82) is 0 Å². The monoisotopic (exact) mass is 594 g/mol. The number of esters is 1. The number of ether oxygens (including phenoxy) is 1. The fourth-order valence-corrected chi connectivity index (χ4v) is 4.87. The van der Waals surface area contributed by atoms with Crippen LogP contribution in [0.4, 0.5) is 0 Å². The third-order valence-electron chi connectivity index (χ3n) is 7.51. The minimum Gasteiger partial charge on any atom is -0.466 e. The quantitative estimate of drug-likeness (QED) is 0.0427. The van der Waals surface area contributed by atoms with E-state index in [9.17, 15) is 19.5 Å². The van der Waals surface area contributed by atoms with Gasteiger partial charge in [-0.3, -0.25) is 14.4 Å². The highest BCUT2D eigenvalue weighted by Crippen LogP contribution is 2.13. The Labute approximate surface area is 258 Å². The number of carbonyl (C=O) groups excluding carboxylic acids is 3. The molecule has 0 fully saturated rings. The van der Waals surface area contributed by atoms with Crippen molar-refractivity contribution in [2.75, 3.05) is 19.7 Å². The molecule has 0 aliphatic carbocycles. The molecular formula is C35H66N2O5. The molecule has 3 N–H and O–H groups in total. The van der Waals surface area contributed by atoms with E-state index < -0.39 is 6.10 Å². The van der Waals surface area contributed by atoms with E-state index in [2.05, 4.69) is 29.7 Å². The number of hydrogen-bond donors (Lipinski definition) is 3. The third-order valence-corrected chi connectivity index (χ3v) is 7.51. The minimum absolute atomic E-state index is 0.0249. The Bertz CT molecular complexity index is 668. The van der Waals surface area contributed by atoms with Crippen LogP contribution in [0.15, 0.2) is 12.2 Å². The van der Waals surface area contributed by atoms with E-state index in [1.165, 1.54) is 70.6 Å². The second-order valence-electron chi connectivity index (χ2n) is 11.8. The molecule has 1 unspecified atom stereocenters. The largest absolute Gasteiger partial charge is 0.466 e. The Kier molecular flexibility index (Phi) is 30.6. The molecule has 246 valence electrons. The number of allylic oxidation sites excluding steroid dienone is 2. The fourth-order valence-electron chi connectivity index (χ4n) is 4.87. The van der Waals surface area contributed by atoms with E-state index >= 15 is 0 Å². The smallest absolute Gasteiger partial charge is 0.305 e. The number of amides is 2. The molecule has 42 heavy (non-hydrogen) atoms. The number of nitrogens with one attached hydrogen (secondary N) is 2. The zero-order valence-electron chi connectivity index (χ0n) is 27.4. The second-order valence-corrected chi connectivity index (χ2v) is 11.8.